The zero-order valence-corrected chi connectivity index (χ0v) is 14.4. The highest BCUT2D eigenvalue weighted by Crippen LogP contribution is 2.36. The Morgan fingerprint density at radius 3 is 2.48 bits per heavy atom. The van der Waals surface area contributed by atoms with Gasteiger partial charge in [-0.15, -0.1) is 0 Å². The molecule has 6 nitrogen and oxygen atoms in total. The molecule has 0 amide bonds. The maximum absolute atomic E-state index is 12.2. The average Bonchev–Trinajstić information content (AvgIpc) is 2.47. The second-order valence-corrected chi connectivity index (χ2v) is 8.62. The molecule has 0 unspecified atom stereocenters. The Morgan fingerprint density at radius 1 is 1.30 bits per heavy atom. The molecule has 1 aliphatic carbocycles. The van der Waals surface area contributed by atoms with Crippen LogP contribution in [0.2, 0.25) is 0 Å². The number of carbonyl (C=O) groups excluding carboxylic acids is 1. The van der Waals surface area contributed by atoms with Gasteiger partial charge in [-0.25, -0.2) is 0 Å². The van der Waals surface area contributed by atoms with Crippen molar-refractivity contribution in [3.05, 3.63) is 23.4 Å². The number of hydrogen-bond donors (Lipinski definition) is 0. The summed E-state index contributed by atoms with van der Waals surface area (Å²) in [4.78, 5) is 14.5. The van der Waals surface area contributed by atoms with Gasteiger partial charge in [0.05, 0.1) is 32.3 Å². The van der Waals surface area contributed by atoms with Gasteiger partial charge in [0.1, 0.15) is 0 Å². The number of nitrogens with zero attached hydrogens (tertiary/aromatic N) is 2. The van der Waals surface area contributed by atoms with Crippen molar-refractivity contribution in [1.29, 1.82) is 5.26 Å². The van der Waals surface area contributed by atoms with Crippen molar-refractivity contribution in [2.75, 3.05) is 39.5 Å². The molecule has 4 rings (SSSR count). The lowest BCUT2D eigenvalue weighted by molar-refractivity contribution is -0.121. The minimum atomic E-state index is -2.95. The molecule has 3 saturated heterocycles. The molecular weight excluding hydrogens is 312 g/mol. The molecule has 7 heteroatoms. The summed E-state index contributed by atoms with van der Waals surface area (Å²) < 4.78 is 18.3. The van der Waals surface area contributed by atoms with Crippen molar-refractivity contribution < 1.29 is 18.1 Å². The lowest BCUT2D eigenvalue weighted by atomic mass is 9.85. The Hall–Kier alpha value is -1.30. The smallest absolute Gasteiger partial charge is 0.369 e. The third kappa shape index (κ3) is 3.32. The molecule has 2 atom stereocenters. The van der Waals surface area contributed by atoms with Crippen LogP contribution in [-0.2, 0) is 18.1 Å². The Bertz CT molecular complexity index is 542. The number of ketones is 1. The molecule has 0 spiro atoms. The molecular formula is C16H22N2O4Si. The SMILES string of the molecule is C[C@H]1C([Si]23OCCN(CCO2)CCO3)=CC=C[C@@H]1C(=O)CC#N. The first kappa shape index (κ1) is 16.6. The monoisotopic (exact) mass is 334 g/mol. The summed E-state index contributed by atoms with van der Waals surface area (Å²) in [5, 5.41) is 9.76. The number of fused-ring (bicyclic) bond motifs is 6. The first-order valence-corrected chi connectivity index (χ1v) is 9.81. The van der Waals surface area contributed by atoms with Crippen molar-refractivity contribution in [1.82, 2.24) is 4.90 Å². The highest BCUT2D eigenvalue weighted by molar-refractivity contribution is 6.69. The van der Waals surface area contributed by atoms with Crippen molar-refractivity contribution >= 4 is 14.6 Å². The predicted molar refractivity (Wildman–Crippen MR) is 85.2 cm³/mol. The van der Waals surface area contributed by atoms with Gasteiger partial charge in [-0.1, -0.05) is 25.2 Å². The largest absolute Gasteiger partial charge is 0.533 e. The van der Waals surface area contributed by atoms with E-state index in [0.29, 0.717) is 19.8 Å². The van der Waals surface area contributed by atoms with E-state index in [-0.39, 0.29) is 24.0 Å². The highest BCUT2D eigenvalue weighted by atomic mass is 28.4. The summed E-state index contributed by atoms with van der Waals surface area (Å²) in [5.41, 5.74) is 0. The second-order valence-electron chi connectivity index (χ2n) is 6.07. The van der Waals surface area contributed by atoms with Crippen LogP contribution in [-0.4, -0.2) is 58.9 Å². The van der Waals surface area contributed by atoms with E-state index in [1.54, 1.807) is 0 Å². The van der Waals surface area contributed by atoms with E-state index >= 15 is 0 Å². The standard InChI is InChI=1S/C16H22N2O4Si/c1-13-14(15(19)5-6-17)3-2-4-16(13)23-20-10-7-18(8-11-21-23)9-12-22-23/h2-4,13-14H,5,7-12H2,1H3/t13-,14+/m1/s1. The highest BCUT2D eigenvalue weighted by Gasteiger charge is 2.51. The van der Waals surface area contributed by atoms with Gasteiger partial charge in [-0.3, -0.25) is 9.69 Å². The first-order valence-electron chi connectivity index (χ1n) is 8.09. The van der Waals surface area contributed by atoms with E-state index in [1.807, 2.05) is 31.2 Å². The number of Topliss-reactive ketones (excluding diaryl/α,β-unsaturated/α-hetero) is 1. The number of hydrogen-bond acceptors (Lipinski definition) is 6. The maximum Gasteiger partial charge on any atom is 0.533 e. The Balaban J connectivity index is 1.86. The van der Waals surface area contributed by atoms with Crippen LogP contribution in [0.4, 0.5) is 0 Å². The summed E-state index contributed by atoms with van der Waals surface area (Å²) in [6.07, 6.45) is 5.65. The number of allylic oxidation sites excluding steroid dienone is 4. The summed E-state index contributed by atoms with van der Waals surface area (Å²) >= 11 is 0. The van der Waals surface area contributed by atoms with Gasteiger partial charge in [0, 0.05) is 30.7 Å². The van der Waals surface area contributed by atoms with Crippen LogP contribution in [0.3, 0.4) is 0 Å². The van der Waals surface area contributed by atoms with Crippen LogP contribution in [0.25, 0.3) is 0 Å². The average molecular weight is 334 g/mol. The normalized spacial score (nSPS) is 37.2. The second kappa shape index (κ2) is 7.07. The Labute approximate surface area is 137 Å². The van der Waals surface area contributed by atoms with Crippen LogP contribution >= 0.6 is 0 Å². The molecule has 3 aliphatic heterocycles. The summed E-state index contributed by atoms with van der Waals surface area (Å²) in [6, 6.07) is 1.95. The summed E-state index contributed by atoms with van der Waals surface area (Å²) in [6.45, 7) is 6.39. The van der Waals surface area contributed by atoms with Crippen LogP contribution in [0.5, 0.6) is 0 Å². The summed E-state index contributed by atoms with van der Waals surface area (Å²) in [5.74, 6) is -0.433. The van der Waals surface area contributed by atoms with Gasteiger partial charge in [0.2, 0.25) is 0 Å². The third-order valence-corrected chi connectivity index (χ3v) is 7.78. The summed E-state index contributed by atoms with van der Waals surface area (Å²) in [7, 11) is -2.95. The Morgan fingerprint density at radius 2 is 1.91 bits per heavy atom. The van der Waals surface area contributed by atoms with Crippen LogP contribution in [0.15, 0.2) is 23.4 Å². The fraction of sp³-hybridized carbons (Fsp3) is 0.625. The zero-order chi connectivity index (χ0) is 16.3. The molecule has 2 bridgehead atoms. The molecule has 0 aromatic heterocycles. The molecule has 3 fully saturated rings. The number of rotatable bonds is 3. The fourth-order valence-corrected chi connectivity index (χ4v) is 6.26. The zero-order valence-electron chi connectivity index (χ0n) is 13.4. The van der Waals surface area contributed by atoms with E-state index in [4.69, 9.17) is 18.5 Å². The number of carbonyl (C=O) groups is 1. The van der Waals surface area contributed by atoms with Gasteiger partial charge in [0.15, 0.2) is 5.78 Å². The van der Waals surface area contributed by atoms with Crippen molar-refractivity contribution in [2.45, 2.75) is 13.3 Å². The molecule has 0 N–H and O–H groups in total. The van der Waals surface area contributed by atoms with Crippen molar-refractivity contribution in [2.24, 2.45) is 11.8 Å². The van der Waals surface area contributed by atoms with Gasteiger partial charge in [-0.05, 0) is 5.92 Å². The van der Waals surface area contributed by atoms with Crippen LogP contribution in [0.1, 0.15) is 13.3 Å². The van der Waals surface area contributed by atoms with Crippen molar-refractivity contribution in [3.8, 4) is 6.07 Å². The van der Waals surface area contributed by atoms with E-state index < -0.39 is 8.80 Å². The molecule has 0 aromatic carbocycles. The predicted octanol–water partition coefficient (Wildman–Crippen LogP) is 1.07. The van der Waals surface area contributed by atoms with Gasteiger partial charge >= 0.3 is 8.80 Å². The van der Waals surface area contributed by atoms with E-state index in [1.165, 1.54) is 0 Å². The maximum atomic E-state index is 12.2. The van der Waals surface area contributed by atoms with Crippen molar-refractivity contribution in [3.63, 3.8) is 0 Å². The molecule has 4 aliphatic rings. The molecule has 0 radical (unpaired) electrons. The Kier molecular flexibility index (Phi) is 5.09. The van der Waals surface area contributed by atoms with Gasteiger partial charge in [0.25, 0.3) is 0 Å². The van der Waals surface area contributed by atoms with Gasteiger partial charge < -0.3 is 13.3 Å². The lowest BCUT2D eigenvalue weighted by Gasteiger charge is -2.41. The topological polar surface area (TPSA) is 71.8 Å². The van der Waals surface area contributed by atoms with E-state index in [9.17, 15) is 4.79 Å². The fourth-order valence-electron chi connectivity index (χ4n) is 3.39. The number of nitriles is 1. The molecule has 23 heavy (non-hydrogen) atoms. The first-order chi connectivity index (χ1) is 11.2. The molecule has 124 valence electrons. The minimum absolute atomic E-state index is 0.0601. The van der Waals surface area contributed by atoms with Crippen LogP contribution < -0.4 is 0 Å². The lowest BCUT2D eigenvalue weighted by Crippen LogP contribution is -2.58. The van der Waals surface area contributed by atoms with E-state index in [2.05, 4.69) is 4.90 Å². The van der Waals surface area contributed by atoms with Crippen LogP contribution in [0, 0.1) is 23.2 Å². The van der Waals surface area contributed by atoms with E-state index in [0.717, 1.165) is 24.8 Å². The molecule has 0 saturated carbocycles. The van der Waals surface area contributed by atoms with Gasteiger partial charge in [-0.2, -0.15) is 5.26 Å². The minimum Gasteiger partial charge on any atom is -0.369 e. The molecule has 3 heterocycles. The molecule has 0 aromatic rings. The third-order valence-electron chi connectivity index (χ3n) is 4.70. The quantitative estimate of drug-likeness (QED) is 0.719.